The maximum Gasteiger partial charge on any atom is 0.140 e. The quantitative estimate of drug-likeness (QED) is 0.200. The second kappa shape index (κ2) is 9.17. The van der Waals surface area contributed by atoms with Crippen LogP contribution in [0.5, 0.6) is 0 Å². The van der Waals surface area contributed by atoms with Crippen LogP contribution in [0.15, 0.2) is 146 Å². The van der Waals surface area contributed by atoms with Gasteiger partial charge in [-0.25, -0.2) is 4.98 Å². The Bertz CT molecular complexity index is 2430. The van der Waals surface area contributed by atoms with Crippen LogP contribution in [0.4, 0.5) is 0 Å². The van der Waals surface area contributed by atoms with E-state index >= 15 is 0 Å². The van der Waals surface area contributed by atoms with Crippen LogP contribution in [0.3, 0.4) is 0 Å². The zero-order valence-corrected chi connectivity index (χ0v) is 23.7. The molecule has 0 atom stereocenters. The molecular weight excluding hydrogens is 522 g/mol. The molecule has 2 aromatic heterocycles. The van der Waals surface area contributed by atoms with Crippen molar-refractivity contribution in [2.24, 2.45) is 7.05 Å². The van der Waals surface area contributed by atoms with Gasteiger partial charge < -0.3 is 9.13 Å². The van der Waals surface area contributed by atoms with Crippen LogP contribution in [0.2, 0.25) is 0 Å². The van der Waals surface area contributed by atoms with Gasteiger partial charge in [0.05, 0.1) is 22.1 Å². The van der Waals surface area contributed by atoms with Crippen molar-refractivity contribution in [3.63, 3.8) is 0 Å². The number of imidazole rings is 1. The van der Waals surface area contributed by atoms with Gasteiger partial charge in [-0.3, -0.25) is 0 Å². The van der Waals surface area contributed by atoms with Crippen LogP contribution in [-0.2, 0) is 7.05 Å². The van der Waals surface area contributed by atoms with Crippen LogP contribution >= 0.6 is 0 Å². The minimum Gasteiger partial charge on any atom is -0.327 e. The van der Waals surface area contributed by atoms with Gasteiger partial charge in [0.2, 0.25) is 0 Å². The van der Waals surface area contributed by atoms with E-state index in [1.54, 1.807) is 0 Å². The Kier molecular flexibility index (Phi) is 5.11. The van der Waals surface area contributed by atoms with E-state index in [2.05, 4.69) is 156 Å². The molecule has 2 heterocycles. The summed E-state index contributed by atoms with van der Waals surface area (Å²) in [6, 6.07) is 52.4. The molecule has 3 nitrogen and oxygen atoms in total. The lowest BCUT2D eigenvalue weighted by Crippen LogP contribution is -1.92. The van der Waals surface area contributed by atoms with E-state index in [0.29, 0.717) is 0 Å². The van der Waals surface area contributed by atoms with Crippen molar-refractivity contribution in [1.29, 1.82) is 0 Å². The number of benzene rings is 7. The van der Waals surface area contributed by atoms with E-state index < -0.39 is 0 Å². The Morgan fingerprint density at radius 1 is 0.488 bits per heavy atom. The van der Waals surface area contributed by atoms with Crippen molar-refractivity contribution in [3.8, 4) is 39.3 Å². The summed E-state index contributed by atoms with van der Waals surface area (Å²) >= 11 is 0. The molecule has 0 saturated carbocycles. The summed E-state index contributed by atoms with van der Waals surface area (Å²) in [6.07, 6.45) is 0. The first kappa shape index (κ1) is 24.0. The molecule has 0 unspecified atom stereocenters. The highest BCUT2D eigenvalue weighted by Crippen LogP contribution is 2.42. The lowest BCUT2D eigenvalue weighted by molar-refractivity contribution is 0.959. The third kappa shape index (κ3) is 3.58. The highest BCUT2D eigenvalue weighted by atomic mass is 15.1. The number of rotatable bonds is 4. The lowest BCUT2D eigenvalue weighted by atomic mass is 9.93. The fourth-order valence-electron chi connectivity index (χ4n) is 6.86. The zero-order chi connectivity index (χ0) is 28.5. The average Bonchev–Trinajstić information content (AvgIpc) is 3.59. The van der Waals surface area contributed by atoms with Crippen LogP contribution in [0.25, 0.3) is 82.9 Å². The van der Waals surface area contributed by atoms with Gasteiger partial charge in [0, 0.05) is 29.1 Å². The van der Waals surface area contributed by atoms with Gasteiger partial charge in [0.25, 0.3) is 0 Å². The molecule has 0 bridgehead atoms. The Balaban J connectivity index is 1.15. The Labute approximate surface area is 249 Å². The number of hydrogen-bond donors (Lipinski definition) is 0. The summed E-state index contributed by atoms with van der Waals surface area (Å²) in [5.74, 6) is 0.984. The first-order valence-corrected chi connectivity index (χ1v) is 14.7. The van der Waals surface area contributed by atoms with E-state index in [9.17, 15) is 0 Å². The number of aromatic nitrogens is 3. The van der Waals surface area contributed by atoms with Gasteiger partial charge in [-0.05, 0) is 69.4 Å². The molecule has 3 heteroatoms. The van der Waals surface area contributed by atoms with Crippen LogP contribution in [-0.4, -0.2) is 14.1 Å². The van der Waals surface area contributed by atoms with Crippen molar-refractivity contribution in [2.45, 2.75) is 0 Å². The second-order valence-electron chi connectivity index (χ2n) is 11.3. The summed E-state index contributed by atoms with van der Waals surface area (Å²) in [5.41, 5.74) is 11.8. The summed E-state index contributed by atoms with van der Waals surface area (Å²) in [7, 11) is 2.09. The largest absolute Gasteiger partial charge is 0.327 e. The highest BCUT2D eigenvalue weighted by Gasteiger charge is 2.19. The SMILES string of the molecule is Cn1c(-c2ccccc2)nc2cc(-c3ccc(-c4ccc5c6c4ccc4cccc(c46)n5-c4ccccc4)cc3)ccc21. The Morgan fingerprint density at radius 2 is 1.19 bits per heavy atom. The molecule has 0 fully saturated rings. The molecule has 9 aromatic rings. The fraction of sp³-hybridized carbons (Fsp3) is 0.0250. The predicted octanol–water partition coefficient (Wildman–Crippen LogP) is 10.3. The molecule has 43 heavy (non-hydrogen) atoms. The standard InChI is InChI=1S/C40H27N3/c1-42-35-23-20-30(25-34(35)41-40(42)29-9-4-2-5-10-29)26-15-17-27(18-16-26)32-22-24-37-39-33(32)21-19-28-11-8-14-36(38(28)39)43(37)31-12-6-3-7-13-31/h2-25H,1H3. The molecule has 202 valence electrons. The van der Waals surface area contributed by atoms with Gasteiger partial charge >= 0.3 is 0 Å². The number of para-hydroxylation sites is 1. The molecule has 0 N–H and O–H groups in total. The van der Waals surface area contributed by atoms with Gasteiger partial charge in [0.15, 0.2) is 0 Å². The third-order valence-electron chi connectivity index (χ3n) is 8.92. The molecule has 0 aliphatic carbocycles. The topological polar surface area (TPSA) is 22.8 Å². The minimum atomic E-state index is 0.984. The van der Waals surface area contributed by atoms with Crippen LogP contribution < -0.4 is 0 Å². The van der Waals surface area contributed by atoms with Crippen molar-refractivity contribution < 1.29 is 0 Å². The first-order valence-electron chi connectivity index (χ1n) is 14.7. The fourth-order valence-corrected chi connectivity index (χ4v) is 6.86. The number of fused-ring (bicyclic) bond motifs is 1. The molecule has 0 amide bonds. The third-order valence-corrected chi connectivity index (χ3v) is 8.92. The van der Waals surface area contributed by atoms with Gasteiger partial charge in [-0.1, -0.05) is 109 Å². The molecule has 0 spiro atoms. The number of hydrogen-bond acceptors (Lipinski definition) is 1. The maximum absolute atomic E-state index is 4.99. The molecule has 0 saturated heterocycles. The maximum atomic E-state index is 4.99. The predicted molar refractivity (Wildman–Crippen MR) is 180 cm³/mol. The van der Waals surface area contributed by atoms with Crippen molar-refractivity contribution >= 4 is 43.6 Å². The van der Waals surface area contributed by atoms with Crippen LogP contribution in [0.1, 0.15) is 0 Å². The van der Waals surface area contributed by atoms with Gasteiger partial charge in [-0.2, -0.15) is 0 Å². The van der Waals surface area contributed by atoms with Crippen molar-refractivity contribution in [3.05, 3.63) is 146 Å². The number of nitrogens with zero attached hydrogens (tertiary/aromatic N) is 3. The van der Waals surface area contributed by atoms with E-state index in [1.807, 2.05) is 6.07 Å². The molecule has 0 aliphatic rings. The summed E-state index contributed by atoms with van der Waals surface area (Å²) in [5, 5.41) is 5.22. The Morgan fingerprint density at radius 3 is 2.00 bits per heavy atom. The smallest absolute Gasteiger partial charge is 0.140 e. The monoisotopic (exact) mass is 549 g/mol. The summed E-state index contributed by atoms with van der Waals surface area (Å²) in [6.45, 7) is 0. The second-order valence-corrected chi connectivity index (χ2v) is 11.3. The molecule has 0 aliphatic heterocycles. The van der Waals surface area contributed by atoms with E-state index in [0.717, 1.165) is 22.4 Å². The zero-order valence-electron chi connectivity index (χ0n) is 23.7. The molecule has 7 aromatic carbocycles. The summed E-state index contributed by atoms with van der Waals surface area (Å²) < 4.78 is 4.57. The molecule has 0 radical (unpaired) electrons. The summed E-state index contributed by atoms with van der Waals surface area (Å²) in [4.78, 5) is 4.99. The van der Waals surface area contributed by atoms with Crippen LogP contribution in [0, 0.1) is 0 Å². The van der Waals surface area contributed by atoms with Gasteiger partial charge in [0.1, 0.15) is 5.82 Å². The van der Waals surface area contributed by atoms with E-state index in [4.69, 9.17) is 4.98 Å². The van der Waals surface area contributed by atoms with Crippen molar-refractivity contribution in [2.75, 3.05) is 0 Å². The first-order chi connectivity index (χ1) is 21.2. The van der Waals surface area contributed by atoms with Gasteiger partial charge in [-0.15, -0.1) is 0 Å². The lowest BCUT2D eigenvalue weighted by Gasteiger charge is -2.11. The molecular formula is C40H27N3. The molecule has 9 rings (SSSR count). The number of aryl methyl sites for hydroxylation is 1. The van der Waals surface area contributed by atoms with E-state index in [-0.39, 0.29) is 0 Å². The average molecular weight is 550 g/mol. The minimum absolute atomic E-state index is 0.984. The highest BCUT2D eigenvalue weighted by molar-refractivity contribution is 6.26. The van der Waals surface area contributed by atoms with E-state index in [1.165, 1.54) is 60.5 Å². The Hall–Kier alpha value is -5.67. The van der Waals surface area contributed by atoms with Crippen molar-refractivity contribution in [1.82, 2.24) is 14.1 Å². The normalized spacial score (nSPS) is 11.8.